The highest BCUT2D eigenvalue weighted by molar-refractivity contribution is 7.99. The number of benzene rings is 3. The van der Waals surface area contributed by atoms with Crippen LogP contribution in [0.4, 0.5) is 4.39 Å². The monoisotopic (exact) mass is 502 g/mol. The van der Waals surface area contributed by atoms with Gasteiger partial charge in [0.25, 0.3) is 0 Å². The lowest BCUT2D eigenvalue weighted by molar-refractivity contribution is 0.194. The first-order valence-electron chi connectivity index (χ1n) is 10.9. The van der Waals surface area contributed by atoms with E-state index in [0.717, 1.165) is 32.3 Å². The Morgan fingerprint density at radius 3 is 2.20 bits per heavy atom. The first-order chi connectivity index (χ1) is 17.0. The van der Waals surface area contributed by atoms with Crippen LogP contribution >= 0.6 is 23.4 Å². The molecule has 8 heteroatoms. The van der Waals surface area contributed by atoms with Gasteiger partial charge in [-0.1, -0.05) is 47.6 Å². The zero-order valence-corrected chi connectivity index (χ0v) is 20.2. The Balaban J connectivity index is 1.50. The van der Waals surface area contributed by atoms with Crippen molar-refractivity contribution in [2.75, 3.05) is 0 Å². The fourth-order valence-electron chi connectivity index (χ4n) is 3.49. The summed E-state index contributed by atoms with van der Waals surface area (Å²) in [6.45, 7) is 1.66. The van der Waals surface area contributed by atoms with Crippen LogP contribution in [-0.2, 0) is 0 Å². The number of aliphatic hydroxyl groups excluding tert-OH is 1. The first kappa shape index (κ1) is 23.2. The van der Waals surface area contributed by atoms with Crippen LogP contribution in [0, 0.1) is 5.82 Å². The maximum atomic E-state index is 13.4. The van der Waals surface area contributed by atoms with Crippen molar-refractivity contribution in [2.24, 2.45) is 0 Å². The van der Waals surface area contributed by atoms with E-state index in [4.69, 9.17) is 16.7 Å². The lowest BCUT2D eigenvalue weighted by Gasteiger charge is -2.06. The molecule has 0 bridgehead atoms. The number of hydrogen-bond acceptors (Lipinski definition) is 5. The van der Waals surface area contributed by atoms with Crippen molar-refractivity contribution < 1.29 is 9.50 Å². The maximum Gasteiger partial charge on any atom is 0.123 e. The van der Waals surface area contributed by atoms with Gasteiger partial charge in [0.2, 0.25) is 0 Å². The molecule has 1 N–H and O–H groups in total. The summed E-state index contributed by atoms with van der Waals surface area (Å²) in [5, 5.41) is 15.1. The van der Waals surface area contributed by atoms with Crippen molar-refractivity contribution in [3.63, 3.8) is 0 Å². The number of rotatable bonds is 6. The third-order valence-corrected chi connectivity index (χ3v) is 6.65. The van der Waals surface area contributed by atoms with E-state index in [-0.39, 0.29) is 5.82 Å². The van der Waals surface area contributed by atoms with Crippen LogP contribution in [0.25, 0.3) is 28.2 Å². The summed E-state index contributed by atoms with van der Waals surface area (Å²) in [6, 6.07) is 21.8. The average molecular weight is 503 g/mol. The molecule has 174 valence electrons. The van der Waals surface area contributed by atoms with Gasteiger partial charge >= 0.3 is 0 Å². The zero-order valence-electron chi connectivity index (χ0n) is 18.6. The SMILES string of the molecule is CC(O)c1cnc(-c2ccc(-c3nn(-c4ccc(F)cc4)cc3Sc3ccc(Cl)cc3)cc2)cn1. The molecule has 5 aromatic rings. The molecule has 0 saturated carbocycles. The van der Waals surface area contributed by atoms with E-state index in [1.165, 1.54) is 12.1 Å². The molecule has 0 amide bonds. The normalized spacial score (nSPS) is 12.0. The van der Waals surface area contributed by atoms with Crippen LogP contribution < -0.4 is 0 Å². The molecular formula is C27H20ClFN4OS. The van der Waals surface area contributed by atoms with Gasteiger partial charge in [-0.25, -0.2) is 9.07 Å². The molecule has 3 aromatic carbocycles. The summed E-state index contributed by atoms with van der Waals surface area (Å²) in [6.07, 6.45) is 4.52. The number of aliphatic hydroxyl groups is 1. The molecule has 0 aliphatic carbocycles. The lowest BCUT2D eigenvalue weighted by atomic mass is 10.1. The van der Waals surface area contributed by atoms with E-state index in [1.54, 1.807) is 47.9 Å². The van der Waals surface area contributed by atoms with E-state index in [2.05, 4.69) is 9.97 Å². The summed E-state index contributed by atoms with van der Waals surface area (Å²) in [5.41, 5.74) is 4.65. The van der Waals surface area contributed by atoms with Gasteiger partial charge in [0.1, 0.15) is 11.5 Å². The Bertz CT molecular complexity index is 1440. The van der Waals surface area contributed by atoms with Crippen molar-refractivity contribution >= 4 is 23.4 Å². The van der Waals surface area contributed by atoms with Crippen LogP contribution in [0.3, 0.4) is 0 Å². The average Bonchev–Trinajstić information content (AvgIpc) is 3.29. The van der Waals surface area contributed by atoms with Crippen LogP contribution in [0.5, 0.6) is 0 Å². The molecule has 0 saturated heterocycles. The maximum absolute atomic E-state index is 13.4. The van der Waals surface area contributed by atoms with E-state index in [9.17, 15) is 9.50 Å². The van der Waals surface area contributed by atoms with Crippen LogP contribution in [-0.4, -0.2) is 24.9 Å². The summed E-state index contributed by atoms with van der Waals surface area (Å²) < 4.78 is 15.2. The van der Waals surface area contributed by atoms with Crippen molar-refractivity contribution in [1.82, 2.24) is 19.7 Å². The topological polar surface area (TPSA) is 63.8 Å². The highest BCUT2D eigenvalue weighted by atomic mass is 35.5. The van der Waals surface area contributed by atoms with Crippen molar-refractivity contribution in [3.05, 3.63) is 108 Å². The van der Waals surface area contributed by atoms with Gasteiger partial charge in [0.05, 0.1) is 40.5 Å². The number of nitrogens with zero attached hydrogens (tertiary/aromatic N) is 4. The fourth-order valence-corrected chi connectivity index (χ4v) is 4.55. The molecule has 0 aliphatic rings. The van der Waals surface area contributed by atoms with Crippen LogP contribution in [0.2, 0.25) is 5.02 Å². The van der Waals surface area contributed by atoms with Crippen LogP contribution in [0.1, 0.15) is 18.7 Å². The van der Waals surface area contributed by atoms with Gasteiger partial charge in [-0.2, -0.15) is 5.10 Å². The highest BCUT2D eigenvalue weighted by Gasteiger charge is 2.15. The van der Waals surface area contributed by atoms with E-state index < -0.39 is 6.10 Å². The fraction of sp³-hybridized carbons (Fsp3) is 0.0741. The Labute approximate surface area is 211 Å². The smallest absolute Gasteiger partial charge is 0.123 e. The molecule has 35 heavy (non-hydrogen) atoms. The molecule has 1 atom stereocenters. The van der Waals surface area contributed by atoms with E-state index in [0.29, 0.717) is 16.4 Å². The Hall–Kier alpha value is -3.52. The Kier molecular flexibility index (Phi) is 6.63. The van der Waals surface area contributed by atoms with Gasteiger partial charge in [-0.15, -0.1) is 0 Å². The molecule has 5 nitrogen and oxygen atoms in total. The molecule has 0 aliphatic heterocycles. The molecule has 0 spiro atoms. The van der Waals surface area contributed by atoms with Crippen molar-refractivity contribution in [1.29, 1.82) is 0 Å². The van der Waals surface area contributed by atoms with Crippen molar-refractivity contribution in [3.8, 4) is 28.2 Å². The molecular weight excluding hydrogens is 483 g/mol. The second-order valence-electron chi connectivity index (χ2n) is 7.90. The summed E-state index contributed by atoms with van der Waals surface area (Å²) >= 11 is 7.63. The first-order valence-corrected chi connectivity index (χ1v) is 12.1. The quantitative estimate of drug-likeness (QED) is 0.271. The molecule has 2 heterocycles. The third-order valence-electron chi connectivity index (χ3n) is 5.37. The third kappa shape index (κ3) is 5.27. The molecule has 0 radical (unpaired) electrons. The largest absolute Gasteiger partial charge is 0.387 e. The second kappa shape index (κ2) is 10.00. The minimum atomic E-state index is -0.660. The molecule has 0 fully saturated rings. The predicted molar refractivity (Wildman–Crippen MR) is 136 cm³/mol. The number of aromatic nitrogens is 4. The zero-order chi connectivity index (χ0) is 24.4. The molecule has 1 unspecified atom stereocenters. The lowest BCUT2D eigenvalue weighted by Crippen LogP contribution is -1.97. The molecule has 2 aromatic heterocycles. The summed E-state index contributed by atoms with van der Waals surface area (Å²) in [7, 11) is 0. The van der Waals surface area contributed by atoms with Crippen molar-refractivity contribution in [2.45, 2.75) is 22.8 Å². The van der Waals surface area contributed by atoms with Gasteiger partial charge in [-0.3, -0.25) is 9.97 Å². The standard InChI is InChI=1S/C27H20ClFN4OS/c1-17(34)24-14-31-25(15-30-24)18-2-4-19(5-3-18)27-26(35-23-12-6-20(28)7-13-23)16-33(32-27)22-10-8-21(29)9-11-22/h2-17,34H,1H3. The van der Waals surface area contributed by atoms with Gasteiger partial charge < -0.3 is 5.11 Å². The number of halogens is 2. The van der Waals surface area contributed by atoms with Gasteiger partial charge in [0.15, 0.2) is 0 Å². The highest BCUT2D eigenvalue weighted by Crippen LogP contribution is 2.37. The molecule has 5 rings (SSSR count). The Morgan fingerprint density at radius 2 is 1.57 bits per heavy atom. The number of hydrogen-bond donors (Lipinski definition) is 1. The van der Waals surface area contributed by atoms with Gasteiger partial charge in [-0.05, 0) is 55.5 Å². The van der Waals surface area contributed by atoms with Crippen LogP contribution in [0.15, 0.2) is 101 Å². The van der Waals surface area contributed by atoms with Gasteiger partial charge in [0, 0.05) is 27.2 Å². The van der Waals surface area contributed by atoms with E-state index in [1.807, 2.05) is 54.7 Å². The summed E-state index contributed by atoms with van der Waals surface area (Å²) in [5.74, 6) is -0.294. The predicted octanol–water partition coefficient (Wildman–Crippen LogP) is 6.99. The minimum absolute atomic E-state index is 0.294. The Morgan fingerprint density at radius 1 is 0.886 bits per heavy atom. The minimum Gasteiger partial charge on any atom is -0.387 e. The summed E-state index contributed by atoms with van der Waals surface area (Å²) in [4.78, 5) is 10.7. The van der Waals surface area contributed by atoms with E-state index >= 15 is 0 Å². The second-order valence-corrected chi connectivity index (χ2v) is 9.45.